The van der Waals surface area contributed by atoms with Gasteiger partial charge in [-0.1, -0.05) is 0 Å². The Hall–Kier alpha value is -2.42. The summed E-state index contributed by atoms with van der Waals surface area (Å²) in [5, 5.41) is 11.0. The maximum absolute atomic E-state index is 12.3. The van der Waals surface area contributed by atoms with Gasteiger partial charge in [-0.15, -0.1) is 10.2 Å². The number of aromatic nitrogens is 5. The van der Waals surface area contributed by atoms with E-state index in [4.69, 9.17) is 4.74 Å². The standard InChI is InChI=1S/C15H25N7O2/c1-11-8-16-13(18-11)9-21(3)15(23)19-12(2)14-20-17-10-22(14)6-5-7-24-4/h8,10,12H,5-7,9H2,1-4H3,(H,16,18)(H,19,23)/t12-/m0/s1. The Bertz CT molecular complexity index is 652. The van der Waals surface area contributed by atoms with Crippen LogP contribution < -0.4 is 5.32 Å². The number of urea groups is 1. The lowest BCUT2D eigenvalue weighted by molar-refractivity contribution is 0.189. The normalized spacial score (nSPS) is 12.2. The molecule has 1 atom stereocenters. The average Bonchev–Trinajstić information content (AvgIpc) is 3.16. The van der Waals surface area contributed by atoms with Gasteiger partial charge in [0.2, 0.25) is 0 Å². The summed E-state index contributed by atoms with van der Waals surface area (Å²) in [7, 11) is 3.40. The number of H-pyrrole nitrogens is 1. The number of nitrogens with zero attached hydrogens (tertiary/aromatic N) is 5. The number of amides is 2. The summed E-state index contributed by atoms with van der Waals surface area (Å²) in [5.41, 5.74) is 0.969. The van der Waals surface area contributed by atoms with Crippen molar-refractivity contribution >= 4 is 6.03 Å². The largest absolute Gasteiger partial charge is 0.385 e. The molecule has 132 valence electrons. The van der Waals surface area contributed by atoms with Gasteiger partial charge < -0.3 is 24.5 Å². The molecule has 2 N–H and O–H groups in total. The molecular weight excluding hydrogens is 310 g/mol. The summed E-state index contributed by atoms with van der Waals surface area (Å²) in [6, 6.07) is -0.439. The summed E-state index contributed by atoms with van der Waals surface area (Å²) in [4.78, 5) is 21.2. The molecule has 0 aromatic carbocycles. The average molecular weight is 335 g/mol. The Morgan fingerprint density at radius 1 is 1.54 bits per heavy atom. The van der Waals surface area contributed by atoms with Crippen molar-refractivity contribution in [3.05, 3.63) is 29.9 Å². The first kappa shape index (κ1) is 17.9. The topological polar surface area (TPSA) is 101 Å². The molecule has 2 aromatic heterocycles. The molecule has 0 aliphatic heterocycles. The molecule has 24 heavy (non-hydrogen) atoms. The van der Waals surface area contributed by atoms with Crippen molar-refractivity contribution in [2.75, 3.05) is 20.8 Å². The smallest absolute Gasteiger partial charge is 0.318 e. The number of hydrogen-bond donors (Lipinski definition) is 2. The molecule has 0 saturated carbocycles. The molecule has 2 aromatic rings. The molecule has 0 aliphatic carbocycles. The van der Waals surface area contributed by atoms with Gasteiger partial charge in [-0.3, -0.25) is 0 Å². The number of methoxy groups -OCH3 is 1. The number of nitrogens with one attached hydrogen (secondary N) is 2. The Kier molecular flexibility index (Phi) is 6.30. The van der Waals surface area contributed by atoms with Crippen LogP contribution in [0, 0.1) is 6.92 Å². The zero-order valence-electron chi connectivity index (χ0n) is 14.6. The van der Waals surface area contributed by atoms with Crippen LogP contribution in [-0.2, 0) is 17.8 Å². The van der Waals surface area contributed by atoms with Gasteiger partial charge in [-0.05, 0) is 20.3 Å². The number of imidazole rings is 1. The number of carbonyl (C=O) groups excluding carboxylic acids is 1. The van der Waals surface area contributed by atoms with Crippen LogP contribution in [0.3, 0.4) is 0 Å². The van der Waals surface area contributed by atoms with E-state index in [1.807, 2.05) is 18.4 Å². The number of aromatic amines is 1. The second-order valence-corrected chi connectivity index (χ2v) is 5.77. The van der Waals surface area contributed by atoms with Crippen molar-refractivity contribution in [3.63, 3.8) is 0 Å². The zero-order chi connectivity index (χ0) is 17.5. The van der Waals surface area contributed by atoms with Gasteiger partial charge in [-0.25, -0.2) is 9.78 Å². The highest BCUT2D eigenvalue weighted by Gasteiger charge is 2.18. The molecule has 2 rings (SSSR count). The molecule has 0 fully saturated rings. The molecule has 9 nitrogen and oxygen atoms in total. The van der Waals surface area contributed by atoms with E-state index in [1.54, 1.807) is 31.6 Å². The highest BCUT2D eigenvalue weighted by atomic mass is 16.5. The third-order valence-electron chi connectivity index (χ3n) is 3.61. The first-order valence-corrected chi connectivity index (χ1v) is 7.90. The van der Waals surface area contributed by atoms with Crippen molar-refractivity contribution in [3.8, 4) is 0 Å². The van der Waals surface area contributed by atoms with Gasteiger partial charge >= 0.3 is 6.03 Å². The van der Waals surface area contributed by atoms with E-state index in [9.17, 15) is 4.79 Å². The second-order valence-electron chi connectivity index (χ2n) is 5.77. The molecule has 0 unspecified atom stereocenters. The fourth-order valence-corrected chi connectivity index (χ4v) is 2.35. The van der Waals surface area contributed by atoms with Gasteiger partial charge in [0.25, 0.3) is 0 Å². The van der Waals surface area contributed by atoms with Crippen molar-refractivity contribution in [1.82, 2.24) is 34.9 Å². The van der Waals surface area contributed by atoms with E-state index in [2.05, 4.69) is 25.5 Å². The Balaban J connectivity index is 1.90. The van der Waals surface area contributed by atoms with E-state index in [-0.39, 0.29) is 12.1 Å². The van der Waals surface area contributed by atoms with Crippen LogP contribution in [-0.4, -0.2) is 56.4 Å². The van der Waals surface area contributed by atoms with Gasteiger partial charge in [0.05, 0.1) is 12.6 Å². The third kappa shape index (κ3) is 4.79. The van der Waals surface area contributed by atoms with Crippen LogP contribution in [0.15, 0.2) is 12.5 Å². The Labute approximate surface area is 141 Å². The zero-order valence-corrected chi connectivity index (χ0v) is 14.6. The molecule has 0 saturated heterocycles. The summed E-state index contributed by atoms with van der Waals surface area (Å²) in [6.45, 7) is 5.64. The van der Waals surface area contributed by atoms with Crippen LogP contribution in [0.2, 0.25) is 0 Å². The molecular formula is C15H25N7O2. The quantitative estimate of drug-likeness (QED) is 0.707. The fourth-order valence-electron chi connectivity index (χ4n) is 2.35. The molecule has 0 bridgehead atoms. The lowest BCUT2D eigenvalue weighted by atomic mass is 10.3. The van der Waals surface area contributed by atoms with Gasteiger partial charge in [0, 0.05) is 39.2 Å². The first-order valence-electron chi connectivity index (χ1n) is 7.90. The van der Waals surface area contributed by atoms with Crippen LogP contribution in [0.1, 0.15) is 36.7 Å². The van der Waals surface area contributed by atoms with Crippen molar-refractivity contribution in [2.24, 2.45) is 0 Å². The maximum Gasteiger partial charge on any atom is 0.318 e. The van der Waals surface area contributed by atoms with Crippen molar-refractivity contribution in [1.29, 1.82) is 0 Å². The maximum atomic E-state index is 12.3. The number of aryl methyl sites for hydroxylation is 2. The number of carbonyl (C=O) groups is 1. The van der Waals surface area contributed by atoms with Gasteiger partial charge in [-0.2, -0.15) is 0 Å². The Morgan fingerprint density at radius 2 is 2.33 bits per heavy atom. The van der Waals surface area contributed by atoms with Gasteiger partial charge in [0.15, 0.2) is 5.82 Å². The summed E-state index contributed by atoms with van der Waals surface area (Å²) >= 11 is 0. The lowest BCUT2D eigenvalue weighted by Gasteiger charge is -2.20. The highest BCUT2D eigenvalue weighted by Crippen LogP contribution is 2.10. The van der Waals surface area contributed by atoms with Crippen molar-refractivity contribution in [2.45, 2.75) is 39.4 Å². The van der Waals surface area contributed by atoms with E-state index < -0.39 is 0 Å². The summed E-state index contributed by atoms with van der Waals surface area (Å²) < 4.78 is 6.99. The van der Waals surface area contributed by atoms with E-state index in [1.165, 1.54) is 0 Å². The second kappa shape index (κ2) is 8.44. The van der Waals surface area contributed by atoms with Crippen LogP contribution in [0.5, 0.6) is 0 Å². The van der Waals surface area contributed by atoms with Crippen LogP contribution in [0.4, 0.5) is 4.79 Å². The van der Waals surface area contributed by atoms with E-state index in [0.717, 1.165) is 30.3 Å². The predicted molar refractivity (Wildman–Crippen MR) is 88.3 cm³/mol. The summed E-state index contributed by atoms with van der Waals surface area (Å²) in [6.07, 6.45) is 4.27. The molecule has 0 radical (unpaired) electrons. The molecule has 2 heterocycles. The minimum absolute atomic E-state index is 0.192. The SMILES string of the molecule is COCCCn1cnnc1[C@H](C)NC(=O)N(C)Cc1ncc(C)[nH]1. The van der Waals surface area contributed by atoms with Crippen LogP contribution in [0.25, 0.3) is 0 Å². The minimum Gasteiger partial charge on any atom is -0.385 e. The van der Waals surface area contributed by atoms with Crippen molar-refractivity contribution < 1.29 is 9.53 Å². The number of rotatable bonds is 8. The molecule has 0 spiro atoms. The molecule has 0 aliphatic rings. The predicted octanol–water partition coefficient (Wildman–Crippen LogP) is 1.25. The van der Waals surface area contributed by atoms with E-state index in [0.29, 0.717) is 13.2 Å². The number of hydrogen-bond acceptors (Lipinski definition) is 5. The highest BCUT2D eigenvalue weighted by molar-refractivity contribution is 5.74. The molecule has 2 amide bonds. The fraction of sp³-hybridized carbons (Fsp3) is 0.600. The first-order chi connectivity index (χ1) is 11.5. The summed E-state index contributed by atoms with van der Waals surface area (Å²) in [5.74, 6) is 1.47. The number of ether oxygens (including phenoxy) is 1. The molecule has 9 heteroatoms. The van der Waals surface area contributed by atoms with Gasteiger partial charge in [0.1, 0.15) is 12.2 Å². The monoisotopic (exact) mass is 335 g/mol. The Morgan fingerprint density at radius 3 is 3.00 bits per heavy atom. The van der Waals surface area contributed by atoms with E-state index >= 15 is 0 Å². The third-order valence-corrected chi connectivity index (χ3v) is 3.61. The lowest BCUT2D eigenvalue weighted by Crippen LogP contribution is -2.39. The minimum atomic E-state index is -0.247. The van der Waals surface area contributed by atoms with Crippen LogP contribution >= 0.6 is 0 Å².